The van der Waals surface area contributed by atoms with Crippen LogP contribution >= 0.6 is 0 Å². The lowest BCUT2D eigenvalue weighted by Gasteiger charge is -2.36. The molecule has 0 aliphatic carbocycles. The molecule has 0 radical (unpaired) electrons. The third-order valence-electron chi connectivity index (χ3n) is 5.62. The molecule has 1 fully saturated rings. The molecule has 2 heterocycles. The molecule has 8 heteroatoms. The Morgan fingerprint density at radius 1 is 1.14 bits per heavy atom. The number of rotatable bonds is 5. The number of amides is 1. The number of H-pyrrole nitrogens is 2. The molecule has 1 aliphatic rings. The number of hydrogen-bond donors (Lipinski definition) is 4. The summed E-state index contributed by atoms with van der Waals surface area (Å²) in [4.78, 5) is 33.1. The number of nitrogens with one attached hydrogen (secondary N) is 4. The Morgan fingerprint density at radius 2 is 1.86 bits per heavy atom. The number of benzene rings is 2. The summed E-state index contributed by atoms with van der Waals surface area (Å²) in [7, 11) is 1.69. The molecule has 1 atom stereocenters. The van der Waals surface area contributed by atoms with Crippen LogP contribution in [-0.4, -0.2) is 55.2 Å². The van der Waals surface area contributed by atoms with Gasteiger partial charge in [0.25, 0.3) is 5.91 Å². The van der Waals surface area contributed by atoms with Crippen molar-refractivity contribution < 1.29 is 14.4 Å². The van der Waals surface area contributed by atoms with Gasteiger partial charge in [0.1, 0.15) is 5.75 Å². The number of nitrogens with zero attached hydrogens (tertiary/aromatic N) is 1. The Bertz CT molecular complexity index is 1070. The van der Waals surface area contributed by atoms with E-state index in [0.29, 0.717) is 11.2 Å². The molecule has 8 nitrogen and oxygen atoms in total. The Hall–Kier alpha value is -3.26. The van der Waals surface area contributed by atoms with Crippen molar-refractivity contribution in [2.24, 2.45) is 0 Å². The van der Waals surface area contributed by atoms with Gasteiger partial charge < -0.3 is 29.8 Å². The highest BCUT2D eigenvalue weighted by Gasteiger charge is 2.30. The van der Waals surface area contributed by atoms with Gasteiger partial charge in [-0.05, 0) is 37.3 Å². The number of hydrogen-bond acceptors (Lipinski definition) is 4. The molecule has 2 aromatic carbocycles. The van der Waals surface area contributed by atoms with Gasteiger partial charge in [-0.1, -0.05) is 12.1 Å². The third-order valence-corrected chi connectivity index (χ3v) is 5.62. The Labute approximate surface area is 168 Å². The van der Waals surface area contributed by atoms with Crippen LogP contribution in [0.15, 0.2) is 47.3 Å². The van der Waals surface area contributed by atoms with Gasteiger partial charge in [0.05, 0.1) is 50.0 Å². The minimum Gasteiger partial charge on any atom is -0.495 e. The topological polar surface area (TPSA) is 94.7 Å². The average molecular weight is 396 g/mol. The minimum atomic E-state index is -0.255. The number of imidazole rings is 1. The molecule has 0 unspecified atom stereocenters. The highest BCUT2D eigenvalue weighted by atomic mass is 16.5. The quantitative estimate of drug-likeness (QED) is 0.508. The van der Waals surface area contributed by atoms with Gasteiger partial charge in [-0.3, -0.25) is 4.79 Å². The van der Waals surface area contributed by atoms with Gasteiger partial charge in [0.2, 0.25) is 0 Å². The molecule has 1 aliphatic heterocycles. The second-order valence-corrected chi connectivity index (χ2v) is 7.37. The number of carbonyl (C=O) groups is 1. The third kappa shape index (κ3) is 3.97. The van der Waals surface area contributed by atoms with Gasteiger partial charge >= 0.3 is 5.69 Å². The number of aromatic nitrogens is 2. The molecule has 29 heavy (non-hydrogen) atoms. The largest absolute Gasteiger partial charge is 0.495 e. The summed E-state index contributed by atoms with van der Waals surface area (Å²) in [5.74, 6) is 0.850. The van der Waals surface area contributed by atoms with Crippen LogP contribution in [-0.2, 0) is 4.79 Å². The minimum absolute atomic E-state index is 0.0250. The van der Waals surface area contributed by atoms with E-state index in [4.69, 9.17) is 4.74 Å². The van der Waals surface area contributed by atoms with Crippen molar-refractivity contribution in [2.45, 2.75) is 13.0 Å². The molecule has 1 saturated heterocycles. The predicted molar refractivity (Wildman–Crippen MR) is 113 cm³/mol. The summed E-state index contributed by atoms with van der Waals surface area (Å²) in [6.07, 6.45) is 0. The number of methoxy groups -OCH3 is 1. The van der Waals surface area contributed by atoms with Crippen LogP contribution in [0.2, 0.25) is 0 Å². The maximum atomic E-state index is 12.8. The van der Waals surface area contributed by atoms with Gasteiger partial charge in [0, 0.05) is 5.69 Å². The van der Waals surface area contributed by atoms with Crippen molar-refractivity contribution >= 4 is 28.3 Å². The van der Waals surface area contributed by atoms with Crippen LogP contribution in [0, 0.1) is 0 Å². The first-order valence-electron chi connectivity index (χ1n) is 9.80. The standard InChI is InChI=1S/C21H25N5O3/c1-14(20(27)22-15-7-8-16-17(13-15)24-21(28)23-16)25-9-11-26(12-10-25)18-5-3-4-6-19(18)29-2/h3-8,13-14H,9-12H2,1-2H3,(H,22,27)(H2,23,24,28)/p+1/t14-/m1/s1. The van der Waals surface area contributed by atoms with E-state index in [0.717, 1.165) is 43.1 Å². The number of quaternary nitrogens is 1. The van der Waals surface area contributed by atoms with Crippen molar-refractivity contribution in [3.63, 3.8) is 0 Å². The Morgan fingerprint density at radius 3 is 2.62 bits per heavy atom. The first-order valence-corrected chi connectivity index (χ1v) is 9.80. The summed E-state index contributed by atoms with van der Waals surface area (Å²) in [6, 6.07) is 13.2. The van der Waals surface area contributed by atoms with Gasteiger partial charge in [-0.25, -0.2) is 4.79 Å². The molecule has 3 aromatic rings. The molecular formula is C21H26N5O3+. The highest BCUT2D eigenvalue weighted by Crippen LogP contribution is 2.27. The van der Waals surface area contributed by atoms with E-state index in [1.165, 1.54) is 4.90 Å². The van der Waals surface area contributed by atoms with Gasteiger partial charge in [-0.2, -0.15) is 0 Å². The molecule has 1 aromatic heterocycles. The fourth-order valence-electron chi connectivity index (χ4n) is 3.91. The van der Waals surface area contributed by atoms with E-state index in [9.17, 15) is 9.59 Å². The zero-order valence-corrected chi connectivity index (χ0v) is 16.6. The van der Waals surface area contributed by atoms with Crippen LogP contribution in [0.4, 0.5) is 11.4 Å². The normalized spacial score (nSPS) is 16.0. The van der Waals surface area contributed by atoms with Crippen LogP contribution in [0.5, 0.6) is 5.75 Å². The molecular weight excluding hydrogens is 370 g/mol. The van der Waals surface area contributed by atoms with E-state index in [-0.39, 0.29) is 17.6 Å². The Kier molecular flexibility index (Phi) is 5.26. The van der Waals surface area contributed by atoms with E-state index in [1.54, 1.807) is 25.3 Å². The zero-order chi connectivity index (χ0) is 20.4. The monoisotopic (exact) mass is 396 g/mol. The SMILES string of the molecule is COc1ccccc1N1CC[NH+]([C@H](C)C(=O)Nc2ccc3[nH]c(=O)[nH]c3c2)CC1. The van der Waals surface area contributed by atoms with Crippen molar-refractivity contribution in [1.29, 1.82) is 0 Å². The molecule has 152 valence electrons. The van der Waals surface area contributed by atoms with E-state index >= 15 is 0 Å². The molecule has 0 saturated carbocycles. The fraction of sp³-hybridized carbons (Fsp3) is 0.333. The summed E-state index contributed by atoms with van der Waals surface area (Å²) < 4.78 is 5.47. The number of carbonyl (C=O) groups excluding carboxylic acids is 1. The smallest absolute Gasteiger partial charge is 0.323 e. The first kappa shape index (κ1) is 19.1. The van der Waals surface area contributed by atoms with Gasteiger partial charge in [0.15, 0.2) is 6.04 Å². The Balaban J connectivity index is 1.37. The van der Waals surface area contributed by atoms with Crippen LogP contribution in [0.1, 0.15) is 6.92 Å². The summed E-state index contributed by atoms with van der Waals surface area (Å²) in [5, 5.41) is 2.97. The number of piperazine rings is 1. The summed E-state index contributed by atoms with van der Waals surface area (Å²) >= 11 is 0. The molecule has 0 bridgehead atoms. The van der Waals surface area contributed by atoms with Crippen LogP contribution in [0.3, 0.4) is 0 Å². The summed E-state index contributed by atoms with van der Waals surface area (Å²) in [6.45, 7) is 5.43. The highest BCUT2D eigenvalue weighted by molar-refractivity contribution is 5.95. The van der Waals surface area contributed by atoms with Crippen LogP contribution in [0.25, 0.3) is 11.0 Å². The molecule has 4 N–H and O–H groups in total. The maximum absolute atomic E-state index is 12.8. The second-order valence-electron chi connectivity index (χ2n) is 7.37. The van der Waals surface area contributed by atoms with Crippen molar-refractivity contribution in [3.05, 3.63) is 52.9 Å². The lowest BCUT2D eigenvalue weighted by atomic mass is 10.2. The average Bonchev–Trinajstić information content (AvgIpc) is 3.12. The van der Waals surface area contributed by atoms with Gasteiger partial charge in [-0.15, -0.1) is 0 Å². The van der Waals surface area contributed by atoms with E-state index < -0.39 is 0 Å². The lowest BCUT2D eigenvalue weighted by molar-refractivity contribution is -0.914. The number of anilines is 2. The molecule has 4 rings (SSSR count). The summed E-state index contributed by atoms with van der Waals surface area (Å²) in [5.41, 5.74) is 2.92. The molecule has 0 spiro atoms. The maximum Gasteiger partial charge on any atom is 0.323 e. The van der Waals surface area contributed by atoms with Crippen molar-refractivity contribution in [1.82, 2.24) is 9.97 Å². The number of para-hydroxylation sites is 2. The predicted octanol–water partition coefficient (Wildman–Crippen LogP) is 0.597. The van der Waals surface area contributed by atoms with E-state index in [1.807, 2.05) is 25.1 Å². The van der Waals surface area contributed by atoms with Crippen LogP contribution < -0.4 is 25.5 Å². The zero-order valence-electron chi connectivity index (χ0n) is 16.6. The fourth-order valence-corrected chi connectivity index (χ4v) is 3.91. The molecule has 1 amide bonds. The second kappa shape index (κ2) is 8.00. The first-order chi connectivity index (χ1) is 14.0. The number of aromatic amines is 2. The number of ether oxygens (including phenoxy) is 1. The van der Waals surface area contributed by atoms with Crippen molar-refractivity contribution in [2.75, 3.05) is 43.5 Å². The van der Waals surface area contributed by atoms with Crippen molar-refractivity contribution in [3.8, 4) is 5.75 Å². The number of fused-ring (bicyclic) bond motifs is 1. The lowest BCUT2D eigenvalue weighted by Crippen LogP contribution is -3.19. The van der Waals surface area contributed by atoms with E-state index in [2.05, 4.69) is 26.3 Å².